The minimum Gasteiger partial charge on any atom is -0.388 e. The molecule has 0 amide bonds. The highest BCUT2D eigenvalue weighted by atomic mass is 32.1. The van der Waals surface area contributed by atoms with Gasteiger partial charge in [-0.25, -0.2) is 4.98 Å². The Labute approximate surface area is 100 Å². The van der Waals surface area contributed by atoms with E-state index in [1.54, 1.807) is 0 Å². The Hall–Kier alpha value is -0.680. The molecule has 1 fully saturated rings. The topological polar surface area (TPSA) is 58.0 Å². The number of hydrogen-bond donors (Lipinski definition) is 2. The summed E-state index contributed by atoms with van der Waals surface area (Å²) in [5, 5.41) is 13.9. The van der Waals surface area contributed by atoms with Crippen LogP contribution in [0.3, 0.4) is 0 Å². The molecule has 5 heteroatoms. The fourth-order valence-corrected chi connectivity index (χ4v) is 2.35. The SMILES string of the molecule is CC(C)(C)c1nsc(NCC2(O)CCC2)n1. The van der Waals surface area contributed by atoms with Crippen LogP contribution < -0.4 is 5.32 Å². The van der Waals surface area contributed by atoms with Crippen molar-refractivity contribution in [1.29, 1.82) is 0 Å². The summed E-state index contributed by atoms with van der Waals surface area (Å²) < 4.78 is 4.32. The molecular weight excluding hydrogens is 222 g/mol. The van der Waals surface area contributed by atoms with E-state index in [2.05, 4.69) is 35.4 Å². The molecule has 0 atom stereocenters. The lowest BCUT2D eigenvalue weighted by Crippen LogP contribution is -2.43. The summed E-state index contributed by atoms with van der Waals surface area (Å²) in [6, 6.07) is 0. The van der Waals surface area contributed by atoms with E-state index in [9.17, 15) is 5.11 Å². The molecule has 2 rings (SSSR count). The van der Waals surface area contributed by atoms with Gasteiger partial charge in [0.25, 0.3) is 0 Å². The zero-order valence-electron chi connectivity index (χ0n) is 10.1. The zero-order valence-corrected chi connectivity index (χ0v) is 10.9. The van der Waals surface area contributed by atoms with E-state index in [4.69, 9.17) is 0 Å². The summed E-state index contributed by atoms with van der Waals surface area (Å²) in [5.74, 6) is 0.862. The third-order valence-electron chi connectivity index (χ3n) is 2.95. The van der Waals surface area contributed by atoms with Gasteiger partial charge in [-0.1, -0.05) is 20.8 Å². The molecular formula is C11H19N3OS. The average Bonchev–Trinajstić information content (AvgIpc) is 2.59. The fourth-order valence-electron chi connectivity index (χ4n) is 1.60. The number of hydrogen-bond acceptors (Lipinski definition) is 5. The summed E-state index contributed by atoms with van der Waals surface area (Å²) in [6.45, 7) is 6.88. The monoisotopic (exact) mass is 241 g/mol. The summed E-state index contributed by atoms with van der Waals surface area (Å²) in [4.78, 5) is 4.43. The molecule has 0 unspecified atom stereocenters. The molecule has 0 radical (unpaired) electrons. The molecule has 1 aliphatic carbocycles. The Bertz CT molecular complexity index is 366. The van der Waals surface area contributed by atoms with Gasteiger partial charge in [-0.2, -0.15) is 4.37 Å². The van der Waals surface area contributed by atoms with Crippen molar-refractivity contribution >= 4 is 16.7 Å². The van der Waals surface area contributed by atoms with Crippen LogP contribution in [-0.4, -0.2) is 26.6 Å². The first kappa shape index (κ1) is 11.8. The van der Waals surface area contributed by atoms with Crippen LogP contribution in [0.2, 0.25) is 0 Å². The van der Waals surface area contributed by atoms with Gasteiger partial charge in [0.05, 0.1) is 5.60 Å². The minimum absolute atomic E-state index is 0.0101. The minimum atomic E-state index is -0.506. The molecule has 0 aromatic carbocycles. The van der Waals surface area contributed by atoms with Crippen LogP contribution in [0.15, 0.2) is 0 Å². The van der Waals surface area contributed by atoms with Gasteiger partial charge in [0.2, 0.25) is 5.13 Å². The average molecular weight is 241 g/mol. The molecule has 1 aromatic heterocycles. The van der Waals surface area contributed by atoms with E-state index in [-0.39, 0.29) is 5.41 Å². The van der Waals surface area contributed by atoms with E-state index in [1.165, 1.54) is 11.5 Å². The van der Waals surface area contributed by atoms with Crippen LogP contribution in [0.25, 0.3) is 0 Å². The van der Waals surface area contributed by atoms with Gasteiger partial charge in [0.15, 0.2) is 0 Å². The molecule has 0 spiro atoms. The van der Waals surface area contributed by atoms with Crippen LogP contribution >= 0.6 is 11.5 Å². The standard InChI is InChI=1S/C11H19N3OS/c1-10(2,3)8-13-9(16-14-8)12-7-11(15)5-4-6-11/h15H,4-7H2,1-3H3,(H,12,13,14). The summed E-state index contributed by atoms with van der Waals surface area (Å²) in [5.41, 5.74) is -0.517. The van der Waals surface area contributed by atoms with Crippen LogP contribution in [-0.2, 0) is 5.41 Å². The predicted octanol–water partition coefficient (Wildman–Crippen LogP) is 2.16. The third-order valence-corrected chi connectivity index (χ3v) is 3.62. The summed E-state index contributed by atoms with van der Waals surface area (Å²) in [7, 11) is 0. The maximum Gasteiger partial charge on any atom is 0.202 e. The second kappa shape index (κ2) is 3.96. The molecule has 16 heavy (non-hydrogen) atoms. The van der Waals surface area contributed by atoms with Gasteiger partial charge < -0.3 is 10.4 Å². The van der Waals surface area contributed by atoms with E-state index in [0.29, 0.717) is 6.54 Å². The fraction of sp³-hybridized carbons (Fsp3) is 0.818. The maximum absolute atomic E-state index is 9.93. The maximum atomic E-state index is 9.93. The Morgan fingerprint density at radius 3 is 2.56 bits per heavy atom. The van der Waals surface area contributed by atoms with Crippen molar-refractivity contribution in [2.45, 2.75) is 51.0 Å². The number of aromatic nitrogens is 2. The van der Waals surface area contributed by atoms with Crippen LogP contribution in [0.5, 0.6) is 0 Å². The predicted molar refractivity (Wildman–Crippen MR) is 65.9 cm³/mol. The largest absolute Gasteiger partial charge is 0.388 e. The number of rotatable bonds is 3. The lowest BCUT2D eigenvalue weighted by atomic mass is 9.80. The number of nitrogens with one attached hydrogen (secondary N) is 1. The Morgan fingerprint density at radius 2 is 2.12 bits per heavy atom. The summed E-state index contributed by atoms with van der Waals surface area (Å²) >= 11 is 1.37. The molecule has 0 bridgehead atoms. The van der Waals surface area contributed by atoms with Gasteiger partial charge in [-0.05, 0) is 19.3 Å². The molecule has 1 saturated carbocycles. The highest BCUT2D eigenvalue weighted by Gasteiger charge is 2.34. The van der Waals surface area contributed by atoms with Crippen molar-refractivity contribution in [3.05, 3.63) is 5.82 Å². The van der Waals surface area contributed by atoms with E-state index in [0.717, 1.165) is 30.2 Å². The smallest absolute Gasteiger partial charge is 0.202 e. The molecule has 4 nitrogen and oxygen atoms in total. The number of anilines is 1. The van der Waals surface area contributed by atoms with E-state index in [1.807, 2.05) is 0 Å². The molecule has 0 aliphatic heterocycles. The lowest BCUT2D eigenvalue weighted by Gasteiger charge is -2.36. The van der Waals surface area contributed by atoms with Crippen molar-refractivity contribution in [2.75, 3.05) is 11.9 Å². The van der Waals surface area contributed by atoms with Crippen LogP contribution in [0, 0.1) is 0 Å². The Kier molecular flexibility index (Phi) is 2.92. The lowest BCUT2D eigenvalue weighted by molar-refractivity contribution is -0.0202. The van der Waals surface area contributed by atoms with Crippen molar-refractivity contribution < 1.29 is 5.11 Å². The highest BCUT2D eigenvalue weighted by Crippen LogP contribution is 2.32. The van der Waals surface area contributed by atoms with Gasteiger partial charge in [-0.15, -0.1) is 0 Å². The van der Waals surface area contributed by atoms with Crippen molar-refractivity contribution in [1.82, 2.24) is 9.36 Å². The Balaban J connectivity index is 1.93. The van der Waals surface area contributed by atoms with Gasteiger partial charge in [-0.3, -0.25) is 0 Å². The summed E-state index contributed by atoms with van der Waals surface area (Å²) in [6.07, 6.45) is 2.91. The second-order valence-electron chi connectivity index (χ2n) is 5.60. The molecule has 2 N–H and O–H groups in total. The van der Waals surface area contributed by atoms with Gasteiger partial charge in [0.1, 0.15) is 5.82 Å². The first-order chi connectivity index (χ1) is 7.39. The molecule has 90 valence electrons. The van der Waals surface area contributed by atoms with Crippen molar-refractivity contribution in [3.8, 4) is 0 Å². The van der Waals surface area contributed by atoms with Gasteiger partial charge >= 0.3 is 0 Å². The second-order valence-corrected chi connectivity index (χ2v) is 6.36. The number of aliphatic hydroxyl groups is 1. The van der Waals surface area contributed by atoms with Crippen molar-refractivity contribution in [3.63, 3.8) is 0 Å². The van der Waals surface area contributed by atoms with E-state index >= 15 is 0 Å². The zero-order chi connectivity index (χ0) is 11.8. The Morgan fingerprint density at radius 1 is 1.44 bits per heavy atom. The number of nitrogens with zero attached hydrogens (tertiary/aromatic N) is 2. The van der Waals surface area contributed by atoms with Crippen LogP contribution in [0.1, 0.15) is 45.9 Å². The first-order valence-corrected chi connectivity index (χ1v) is 6.47. The molecule has 0 saturated heterocycles. The third kappa shape index (κ3) is 2.52. The normalized spacial score (nSPS) is 19.2. The quantitative estimate of drug-likeness (QED) is 0.851. The highest BCUT2D eigenvalue weighted by molar-refractivity contribution is 7.09. The van der Waals surface area contributed by atoms with Crippen LogP contribution in [0.4, 0.5) is 5.13 Å². The van der Waals surface area contributed by atoms with Gasteiger partial charge in [0, 0.05) is 23.5 Å². The van der Waals surface area contributed by atoms with Crippen molar-refractivity contribution in [2.24, 2.45) is 0 Å². The molecule has 1 aliphatic rings. The molecule has 1 heterocycles. The van der Waals surface area contributed by atoms with E-state index < -0.39 is 5.60 Å². The first-order valence-electron chi connectivity index (χ1n) is 5.70. The molecule has 1 aromatic rings.